The van der Waals surface area contributed by atoms with E-state index < -0.39 is 4.92 Å². The number of aliphatic imine (C=N–C) groups is 1. The van der Waals surface area contributed by atoms with E-state index in [4.69, 9.17) is 4.74 Å². The van der Waals surface area contributed by atoms with Gasteiger partial charge in [-0.2, -0.15) is 0 Å². The number of nitro groups is 1. The number of non-ortho nitro benzene ring substituents is 1. The van der Waals surface area contributed by atoms with Crippen LogP contribution in [-0.2, 0) is 4.74 Å². The zero-order valence-electron chi connectivity index (χ0n) is 16.7. The van der Waals surface area contributed by atoms with Crippen molar-refractivity contribution in [2.75, 3.05) is 7.11 Å². The van der Waals surface area contributed by atoms with E-state index in [9.17, 15) is 14.9 Å². The summed E-state index contributed by atoms with van der Waals surface area (Å²) in [7, 11) is 1.35. The Morgan fingerprint density at radius 3 is 2.55 bits per heavy atom. The van der Waals surface area contributed by atoms with Crippen LogP contribution in [0.2, 0.25) is 0 Å². The zero-order chi connectivity index (χ0) is 21.1. The van der Waals surface area contributed by atoms with Crippen molar-refractivity contribution in [3.63, 3.8) is 0 Å². The van der Waals surface area contributed by atoms with Gasteiger partial charge in [0.1, 0.15) is 0 Å². The van der Waals surface area contributed by atoms with Crippen LogP contribution in [0, 0.1) is 30.9 Å². The summed E-state index contributed by atoms with van der Waals surface area (Å²) < 4.78 is 6.69. The lowest BCUT2D eigenvalue weighted by molar-refractivity contribution is -0.384. The Bertz CT molecular complexity index is 1130. The molecule has 7 nitrogen and oxygen atoms in total. The van der Waals surface area contributed by atoms with Gasteiger partial charge in [0.2, 0.25) is 0 Å². The Labute approximate surface area is 168 Å². The molecular weight excluding hydrogens is 370 g/mol. The van der Waals surface area contributed by atoms with Crippen molar-refractivity contribution >= 4 is 23.6 Å². The van der Waals surface area contributed by atoms with Crippen LogP contribution in [0.25, 0.3) is 5.69 Å². The summed E-state index contributed by atoms with van der Waals surface area (Å²) in [6, 6.07) is 13.7. The number of esters is 1. The Balaban J connectivity index is 1.94. The van der Waals surface area contributed by atoms with Gasteiger partial charge >= 0.3 is 5.97 Å². The molecule has 0 radical (unpaired) electrons. The number of carbonyl (C=O) groups excluding carboxylic acids is 1. The molecule has 0 spiro atoms. The van der Waals surface area contributed by atoms with Gasteiger partial charge < -0.3 is 9.30 Å². The Morgan fingerprint density at radius 2 is 1.90 bits per heavy atom. The van der Waals surface area contributed by atoms with Crippen molar-refractivity contribution in [1.29, 1.82) is 0 Å². The second-order valence-electron chi connectivity index (χ2n) is 6.69. The summed E-state index contributed by atoms with van der Waals surface area (Å²) in [5, 5.41) is 11.1. The minimum Gasteiger partial charge on any atom is -0.465 e. The second kappa shape index (κ2) is 8.10. The monoisotopic (exact) mass is 391 g/mol. The molecule has 0 atom stereocenters. The number of nitro benzene ring substituents is 1. The first-order valence-electron chi connectivity index (χ1n) is 8.98. The molecule has 1 heterocycles. The van der Waals surface area contributed by atoms with Crippen LogP contribution in [-0.4, -0.2) is 28.8 Å². The van der Waals surface area contributed by atoms with Gasteiger partial charge in [0.25, 0.3) is 5.69 Å². The highest BCUT2D eigenvalue weighted by molar-refractivity contribution is 5.90. The molecule has 0 aliphatic rings. The van der Waals surface area contributed by atoms with Crippen LogP contribution >= 0.6 is 0 Å². The molecule has 3 rings (SSSR count). The lowest BCUT2D eigenvalue weighted by atomic mass is 10.1. The molecule has 3 aromatic rings. The van der Waals surface area contributed by atoms with Crippen LogP contribution in [0.3, 0.4) is 0 Å². The molecular formula is C22H21N3O4. The maximum Gasteiger partial charge on any atom is 0.337 e. The van der Waals surface area contributed by atoms with Crippen molar-refractivity contribution < 1.29 is 14.5 Å². The van der Waals surface area contributed by atoms with Gasteiger partial charge in [-0.15, -0.1) is 0 Å². The number of methoxy groups -OCH3 is 1. The highest BCUT2D eigenvalue weighted by Gasteiger charge is 2.13. The van der Waals surface area contributed by atoms with E-state index >= 15 is 0 Å². The van der Waals surface area contributed by atoms with Crippen LogP contribution in [0.1, 0.15) is 32.9 Å². The molecule has 0 fully saturated rings. The van der Waals surface area contributed by atoms with Crippen LogP contribution < -0.4 is 0 Å². The van der Waals surface area contributed by atoms with E-state index in [1.165, 1.54) is 13.2 Å². The van der Waals surface area contributed by atoms with E-state index in [-0.39, 0.29) is 11.7 Å². The number of carbonyl (C=O) groups is 1. The third-order valence-corrected chi connectivity index (χ3v) is 4.73. The van der Waals surface area contributed by atoms with Crippen LogP contribution in [0.4, 0.5) is 11.4 Å². The lowest BCUT2D eigenvalue weighted by Crippen LogP contribution is -2.01. The van der Waals surface area contributed by atoms with Gasteiger partial charge in [0.05, 0.1) is 29.0 Å². The van der Waals surface area contributed by atoms with E-state index in [1.807, 2.05) is 37.5 Å². The minimum absolute atomic E-state index is 0.0477. The first kappa shape index (κ1) is 20.0. The summed E-state index contributed by atoms with van der Waals surface area (Å²) in [6.07, 6.45) is 1.76. The number of aromatic nitrogens is 1. The molecule has 148 valence electrons. The highest BCUT2D eigenvalue weighted by Crippen LogP contribution is 2.25. The molecule has 7 heteroatoms. The first-order valence-corrected chi connectivity index (χ1v) is 8.98. The number of ether oxygens (including phenoxy) is 1. The lowest BCUT2D eigenvalue weighted by Gasteiger charge is -2.09. The van der Waals surface area contributed by atoms with E-state index in [2.05, 4.69) is 4.99 Å². The van der Waals surface area contributed by atoms with Gasteiger partial charge in [0, 0.05) is 35.3 Å². The highest BCUT2D eigenvalue weighted by atomic mass is 16.6. The van der Waals surface area contributed by atoms with Gasteiger partial charge in [0.15, 0.2) is 0 Å². The molecule has 1 aromatic heterocycles. The van der Waals surface area contributed by atoms with Gasteiger partial charge in [-0.1, -0.05) is 6.07 Å². The number of aryl methyl sites for hydroxylation is 2. The number of benzene rings is 2. The molecule has 0 amide bonds. The van der Waals surface area contributed by atoms with Crippen molar-refractivity contribution in [2.24, 2.45) is 4.99 Å². The molecule has 0 saturated carbocycles. The van der Waals surface area contributed by atoms with E-state index in [0.29, 0.717) is 5.56 Å². The van der Waals surface area contributed by atoms with Crippen LogP contribution in [0.5, 0.6) is 0 Å². The van der Waals surface area contributed by atoms with Crippen molar-refractivity contribution in [1.82, 2.24) is 4.57 Å². The number of hydrogen-bond donors (Lipinski definition) is 0. The van der Waals surface area contributed by atoms with E-state index in [1.54, 1.807) is 36.5 Å². The summed E-state index contributed by atoms with van der Waals surface area (Å²) in [6.45, 7) is 5.77. The van der Waals surface area contributed by atoms with Gasteiger partial charge in [-0.05, 0) is 56.7 Å². The average molecular weight is 391 g/mol. The smallest absolute Gasteiger partial charge is 0.337 e. The topological polar surface area (TPSA) is 86.7 Å². The average Bonchev–Trinajstić information content (AvgIpc) is 2.99. The molecule has 29 heavy (non-hydrogen) atoms. The minimum atomic E-state index is -0.402. The molecule has 0 unspecified atom stereocenters. The van der Waals surface area contributed by atoms with Crippen molar-refractivity contribution in [3.05, 3.63) is 86.7 Å². The van der Waals surface area contributed by atoms with Gasteiger partial charge in [-0.25, -0.2) is 4.79 Å². The Hall–Kier alpha value is -3.74. The third-order valence-electron chi connectivity index (χ3n) is 4.73. The molecule has 0 aliphatic heterocycles. The third kappa shape index (κ3) is 4.08. The quantitative estimate of drug-likeness (QED) is 0.269. The SMILES string of the molecule is COC(=O)c1ccc(N=Cc2cc(C)n(-c3cccc([N+](=O)[O-])c3)c2C)c(C)c1. The summed E-state index contributed by atoms with van der Waals surface area (Å²) >= 11 is 0. The largest absolute Gasteiger partial charge is 0.465 e. The zero-order valence-corrected chi connectivity index (χ0v) is 16.7. The number of hydrogen-bond acceptors (Lipinski definition) is 5. The Kier molecular flexibility index (Phi) is 5.59. The van der Waals surface area contributed by atoms with Crippen LogP contribution in [0.15, 0.2) is 53.5 Å². The summed E-state index contributed by atoms with van der Waals surface area (Å²) in [5.74, 6) is -0.385. The molecule has 0 aliphatic carbocycles. The molecule has 0 saturated heterocycles. The standard InChI is InChI=1S/C22H21N3O4/c1-14-10-17(22(26)29-4)8-9-21(14)23-13-18-11-15(2)24(16(18)3)19-6-5-7-20(12-19)25(27)28/h5-13H,1-4H3. The fraction of sp³-hybridized carbons (Fsp3) is 0.182. The number of rotatable bonds is 5. The van der Waals surface area contributed by atoms with Crippen molar-refractivity contribution in [3.8, 4) is 5.69 Å². The summed E-state index contributed by atoms with van der Waals surface area (Å²) in [5.41, 5.74) is 5.64. The summed E-state index contributed by atoms with van der Waals surface area (Å²) in [4.78, 5) is 26.9. The second-order valence-corrected chi connectivity index (χ2v) is 6.69. The van der Waals surface area contributed by atoms with Crippen molar-refractivity contribution in [2.45, 2.75) is 20.8 Å². The predicted molar refractivity (Wildman–Crippen MR) is 112 cm³/mol. The normalized spacial score (nSPS) is 11.0. The first-order chi connectivity index (χ1) is 13.8. The van der Waals surface area contributed by atoms with E-state index in [0.717, 1.165) is 33.9 Å². The molecule has 0 N–H and O–H groups in total. The Morgan fingerprint density at radius 1 is 1.14 bits per heavy atom. The maximum atomic E-state index is 11.6. The molecule has 0 bridgehead atoms. The maximum absolute atomic E-state index is 11.6. The molecule has 2 aromatic carbocycles. The number of nitrogens with zero attached hydrogens (tertiary/aromatic N) is 3. The fourth-order valence-corrected chi connectivity index (χ4v) is 3.25. The fourth-order valence-electron chi connectivity index (χ4n) is 3.25. The predicted octanol–water partition coefficient (Wildman–Crippen LogP) is 4.85. The van der Waals surface area contributed by atoms with Gasteiger partial charge in [-0.3, -0.25) is 15.1 Å².